The van der Waals surface area contributed by atoms with E-state index in [2.05, 4.69) is 51.2 Å². The fraction of sp³-hybridized carbons (Fsp3) is 0.667. The van der Waals surface area contributed by atoms with E-state index in [-0.39, 0.29) is 11.6 Å². The molecule has 1 aliphatic rings. The van der Waals surface area contributed by atoms with Crippen LogP contribution in [0.2, 0.25) is 0 Å². The zero-order valence-electron chi connectivity index (χ0n) is 13.8. The Morgan fingerprint density at radius 2 is 2.14 bits per heavy atom. The first-order chi connectivity index (χ1) is 9.99. The van der Waals surface area contributed by atoms with Crippen LogP contribution < -0.4 is 10.1 Å². The van der Waals surface area contributed by atoms with Crippen molar-refractivity contribution >= 4 is 0 Å². The second kappa shape index (κ2) is 7.28. The van der Waals surface area contributed by atoms with Crippen molar-refractivity contribution in [3.63, 3.8) is 0 Å². The van der Waals surface area contributed by atoms with Crippen molar-refractivity contribution in [1.82, 2.24) is 5.32 Å². The standard InChI is InChI=1S/C18H29NO2/c1-5-10-20-16-8-6-7-14(12-16)17-15(9-11-21-17)13-19-18(2,3)4/h6-8,12,15,17,19H,5,9-11,13H2,1-4H3. The average molecular weight is 291 g/mol. The molecule has 1 heterocycles. The number of rotatable bonds is 6. The van der Waals surface area contributed by atoms with Crippen LogP contribution in [0.15, 0.2) is 24.3 Å². The Morgan fingerprint density at radius 3 is 2.86 bits per heavy atom. The van der Waals surface area contributed by atoms with Gasteiger partial charge in [0.15, 0.2) is 0 Å². The molecule has 1 aromatic rings. The quantitative estimate of drug-likeness (QED) is 0.861. The van der Waals surface area contributed by atoms with E-state index >= 15 is 0 Å². The maximum absolute atomic E-state index is 5.98. The molecule has 0 bridgehead atoms. The Hall–Kier alpha value is -1.06. The highest BCUT2D eigenvalue weighted by atomic mass is 16.5. The maximum atomic E-state index is 5.98. The normalized spacial score (nSPS) is 22.5. The lowest BCUT2D eigenvalue weighted by Crippen LogP contribution is -2.39. The highest BCUT2D eigenvalue weighted by Gasteiger charge is 2.30. The van der Waals surface area contributed by atoms with Crippen LogP contribution in [0.1, 0.15) is 52.2 Å². The number of benzene rings is 1. The third-order valence-electron chi connectivity index (χ3n) is 3.77. The van der Waals surface area contributed by atoms with E-state index in [0.717, 1.165) is 38.3 Å². The lowest BCUT2D eigenvalue weighted by Gasteiger charge is -2.26. The van der Waals surface area contributed by atoms with Gasteiger partial charge in [-0.25, -0.2) is 0 Å². The molecule has 0 radical (unpaired) electrons. The first kappa shape index (κ1) is 16.3. The van der Waals surface area contributed by atoms with Gasteiger partial charge in [-0.3, -0.25) is 0 Å². The molecule has 2 rings (SSSR count). The van der Waals surface area contributed by atoms with Crippen LogP contribution in [-0.2, 0) is 4.74 Å². The Labute approximate surface area is 129 Å². The van der Waals surface area contributed by atoms with Crippen molar-refractivity contribution < 1.29 is 9.47 Å². The van der Waals surface area contributed by atoms with Crippen LogP contribution in [0.25, 0.3) is 0 Å². The van der Waals surface area contributed by atoms with Crippen LogP contribution in [0.3, 0.4) is 0 Å². The molecular formula is C18H29NO2. The van der Waals surface area contributed by atoms with Gasteiger partial charge in [0.1, 0.15) is 5.75 Å². The van der Waals surface area contributed by atoms with Gasteiger partial charge in [-0.05, 0) is 51.3 Å². The Bertz CT molecular complexity index is 439. The Balaban J connectivity index is 2.02. The van der Waals surface area contributed by atoms with Gasteiger partial charge in [-0.1, -0.05) is 19.1 Å². The largest absolute Gasteiger partial charge is 0.494 e. The number of hydrogen-bond acceptors (Lipinski definition) is 3. The van der Waals surface area contributed by atoms with Crippen LogP contribution in [0.5, 0.6) is 5.75 Å². The fourth-order valence-corrected chi connectivity index (χ4v) is 2.65. The summed E-state index contributed by atoms with van der Waals surface area (Å²) in [5.41, 5.74) is 1.39. The number of hydrogen-bond donors (Lipinski definition) is 1. The molecular weight excluding hydrogens is 262 g/mol. The molecule has 3 heteroatoms. The first-order valence-corrected chi connectivity index (χ1v) is 8.09. The van der Waals surface area contributed by atoms with Gasteiger partial charge in [0.25, 0.3) is 0 Å². The molecule has 2 atom stereocenters. The summed E-state index contributed by atoms with van der Waals surface area (Å²) in [4.78, 5) is 0. The van der Waals surface area contributed by atoms with E-state index < -0.39 is 0 Å². The predicted octanol–water partition coefficient (Wildman–Crippen LogP) is 3.94. The molecule has 118 valence electrons. The molecule has 0 saturated carbocycles. The maximum Gasteiger partial charge on any atom is 0.119 e. The van der Waals surface area contributed by atoms with Gasteiger partial charge < -0.3 is 14.8 Å². The molecule has 21 heavy (non-hydrogen) atoms. The van der Waals surface area contributed by atoms with E-state index in [1.807, 2.05) is 6.07 Å². The molecule has 0 spiro atoms. The molecule has 1 fully saturated rings. The highest BCUT2D eigenvalue weighted by molar-refractivity contribution is 5.30. The van der Waals surface area contributed by atoms with E-state index in [1.54, 1.807) is 0 Å². The highest BCUT2D eigenvalue weighted by Crippen LogP contribution is 2.35. The van der Waals surface area contributed by atoms with Crippen molar-refractivity contribution in [2.24, 2.45) is 5.92 Å². The molecule has 1 aliphatic heterocycles. The van der Waals surface area contributed by atoms with E-state index in [1.165, 1.54) is 5.56 Å². The van der Waals surface area contributed by atoms with Crippen molar-refractivity contribution in [2.45, 2.75) is 52.2 Å². The second-order valence-corrected chi connectivity index (χ2v) is 6.89. The molecule has 2 unspecified atom stereocenters. The molecule has 0 aliphatic carbocycles. The summed E-state index contributed by atoms with van der Waals surface area (Å²) in [6.45, 7) is 11.3. The minimum absolute atomic E-state index is 0.152. The van der Waals surface area contributed by atoms with E-state index in [4.69, 9.17) is 9.47 Å². The van der Waals surface area contributed by atoms with Gasteiger partial charge in [0.05, 0.1) is 12.7 Å². The third-order valence-corrected chi connectivity index (χ3v) is 3.77. The summed E-state index contributed by atoms with van der Waals surface area (Å²) in [6.07, 6.45) is 2.33. The van der Waals surface area contributed by atoms with Gasteiger partial charge in [-0.2, -0.15) is 0 Å². The van der Waals surface area contributed by atoms with Crippen molar-refractivity contribution in [2.75, 3.05) is 19.8 Å². The minimum atomic E-state index is 0.152. The summed E-state index contributed by atoms with van der Waals surface area (Å²) in [7, 11) is 0. The first-order valence-electron chi connectivity index (χ1n) is 8.09. The minimum Gasteiger partial charge on any atom is -0.494 e. The second-order valence-electron chi connectivity index (χ2n) is 6.89. The molecule has 1 aromatic carbocycles. The number of nitrogens with one attached hydrogen (secondary N) is 1. The lowest BCUT2D eigenvalue weighted by molar-refractivity contribution is 0.0887. The average Bonchev–Trinajstić information content (AvgIpc) is 2.91. The molecule has 1 N–H and O–H groups in total. The summed E-state index contributed by atoms with van der Waals surface area (Å²) in [5.74, 6) is 1.48. The predicted molar refractivity (Wildman–Crippen MR) is 86.8 cm³/mol. The van der Waals surface area contributed by atoms with Gasteiger partial charge in [0, 0.05) is 24.6 Å². The molecule has 1 saturated heterocycles. The molecule has 0 aromatic heterocycles. The van der Waals surface area contributed by atoms with Crippen molar-refractivity contribution in [1.29, 1.82) is 0 Å². The lowest BCUT2D eigenvalue weighted by atomic mass is 9.94. The van der Waals surface area contributed by atoms with Gasteiger partial charge in [-0.15, -0.1) is 0 Å². The summed E-state index contributed by atoms with van der Waals surface area (Å²) in [6, 6.07) is 8.38. The van der Waals surface area contributed by atoms with Crippen LogP contribution >= 0.6 is 0 Å². The van der Waals surface area contributed by atoms with Gasteiger partial charge >= 0.3 is 0 Å². The van der Waals surface area contributed by atoms with Crippen LogP contribution in [-0.4, -0.2) is 25.3 Å². The fourth-order valence-electron chi connectivity index (χ4n) is 2.65. The number of ether oxygens (including phenoxy) is 2. The topological polar surface area (TPSA) is 30.5 Å². The van der Waals surface area contributed by atoms with E-state index in [9.17, 15) is 0 Å². The monoisotopic (exact) mass is 291 g/mol. The van der Waals surface area contributed by atoms with Crippen LogP contribution in [0.4, 0.5) is 0 Å². The Kier molecular flexibility index (Phi) is 5.65. The zero-order chi connectivity index (χ0) is 15.3. The smallest absolute Gasteiger partial charge is 0.119 e. The van der Waals surface area contributed by atoms with Crippen molar-refractivity contribution in [3.05, 3.63) is 29.8 Å². The van der Waals surface area contributed by atoms with Gasteiger partial charge in [0.2, 0.25) is 0 Å². The molecule has 3 nitrogen and oxygen atoms in total. The summed E-state index contributed by atoms with van der Waals surface area (Å²) in [5, 5.41) is 3.60. The zero-order valence-corrected chi connectivity index (χ0v) is 13.8. The molecule has 0 amide bonds. The Morgan fingerprint density at radius 1 is 1.33 bits per heavy atom. The SMILES string of the molecule is CCCOc1cccc(C2OCCC2CNC(C)(C)C)c1. The van der Waals surface area contributed by atoms with Crippen molar-refractivity contribution in [3.8, 4) is 5.75 Å². The van der Waals surface area contributed by atoms with E-state index in [0.29, 0.717) is 5.92 Å². The summed E-state index contributed by atoms with van der Waals surface area (Å²) < 4.78 is 11.7. The summed E-state index contributed by atoms with van der Waals surface area (Å²) >= 11 is 0. The third kappa shape index (κ3) is 5.01. The van der Waals surface area contributed by atoms with Crippen LogP contribution in [0, 0.1) is 5.92 Å².